The van der Waals surface area contributed by atoms with Crippen LogP contribution in [0.4, 0.5) is 5.69 Å². The predicted octanol–water partition coefficient (Wildman–Crippen LogP) is 6.06. The molecular formula is C28H28N2O3. The SMILES string of the molecule is Cc1ccc2c(CC(=O)N(C)C(C)c3cccc(NC(=O)c4ccccc4)c3)coc2c1C. The van der Waals surface area contributed by atoms with Gasteiger partial charge in [-0.3, -0.25) is 9.59 Å². The molecule has 4 aromatic rings. The first-order valence-electron chi connectivity index (χ1n) is 11.0. The first-order valence-corrected chi connectivity index (χ1v) is 11.0. The lowest BCUT2D eigenvalue weighted by atomic mass is 10.0. The van der Waals surface area contributed by atoms with Gasteiger partial charge in [0.2, 0.25) is 5.91 Å². The molecule has 4 rings (SSSR count). The number of benzene rings is 3. The maximum Gasteiger partial charge on any atom is 0.255 e. The number of furan rings is 1. The minimum absolute atomic E-state index is 0.00199. The van der Waals surface area contributed by atoms with Gasteiger partial charge in [-0.05, 0) is 61.7 Å². The largest absolute Gasteiger partial charge is 0.464 e. The average molecular weight is 441 g/mol. The maximum absolute atomic E-state index is 13.1. The van der Waals surface area contributed by atoms with Gasteiger partial charge in [0.1, 0.15) is 5.58 Å². The van der Waals surface area contributed by atoms with Crippen LogP contribution in [0.2, 0.25) is 0 Å². The lowest BCUT2D eigenvalue weighted by molar-refractivity contribution is -0.131. The number of nitrogens with zero attached hydrogens (tertiary/aromatic N) is 1. The Bertz CT molecular complexity index is 1310. The molecule has 1 atom stereocenters. The van der Waals surface area contributed by atoms with Gasteiger partial charge in [0.25, 0.3) is 5.91 Å². The number of carbonyl (C=O) groups is 2. The number of nitrogens with one attached hydrogen (secondary N) is 1. The van der Waals surface area contributed by atoms with E-state index < -0.39 is 0 Å². The number of hydrogen-bond donors (Lipinski definition) is 1. The molecule has 0 radical (unpaired) electrons. The quantitative estimate of drug-likeness (QED) is 0.396. The van der Waals surface area contributed by atoms with Crippen LogP contribution in [0.25, 0.3) is 11.0 Å². The Morgan fingerprint density at radius 3 is 2.52 bits per heavy atom. The predicted molar refractivity (Wildman–Crippen MR) is 131 cm³/mol. The van der Waals surface area contributed by atoms with Crippen molar-refractivity contribution in [3.8, 4) is 0 Å². The fourth-order valence-electron chi connectivity index (χ4n) is 3.92. The van der Waals surface area contributed by atoms with Gasteiger partial charge in [-0.15, -0.1) is 0 Å². The van der Waals surface area contributed by atoms with Crippen molar-refractivity contribution in [2.75, 3.05) is 12.4 Å². The smallest absolute Gasteiger partial charge is 0.255 e. The highest BCUT2D eigenvalue weighted by molar-refractivity contribution is 6.04. The van der Waals surface area contributed by atoms with Crippen LogP contribution in [0.5, 0.6) is 0 Å². The minimum Gasteiger partial charge on any atom is -0.464 e. The third-order valence-electron chi connectivity index (χ3n) is 6.32. The fourth-order valence-corrected chi connectivity index (χ4v) is 3.92. The highest BCUT2D eigenvalue weighted by Crippen LogP contribution is 2.28. The van der Waals surface area contributed by atoms with E-state index in [-0.39, 0.29) is 24.3 Å². The van der Waals surface area contributed by atoms with E-state index in [1.807, 2.05) is 69.3 Å². The van der Waals surface area contributed by atoms with Crippen LogP contribution in [-0.4, -0.2) is 23.8 Å². The standard InChI is InChI=1S/C28H28N2O3/c1-18-13-14-25-23(17-33-27(25)19(18)2)16-26(31)30(4)20(3)22-11-8-12-24(15-22)29-28(32)21-9-6-5-7-10-21/h5-15,17,20H,16H2,1-4H3,(H,29,32). The molecule has 0 spiro atoms. The van der Waals surface area contributed by atoms with E-state index in [4.69, 9.17) is 4.42 Å². The van der Waals surface area contributed by atoms with E-state index in [1.54, 1.807) is 30.3 Å². The lowest BCUT2D eigenvalue weighted by Gasteiger charge is -2.26. The van der Waals surface area contributed by atoms with Crippen LogP contribution in [0.15, 0.2) is 77.4 Å². The minimum atomic E-state index is -0.165. The molecule has 1 heterocycles. The monoisotopic (exact) mass is 440 g/mol. The summed E-state index contributed by atoms with van der Waals surface area (Å²) < 4.78 is 5.76. The Labute approximate surface area is 194 Å². The Morgan fingerprint density at radius 2 is 1.76 bits per heavy atom. The molecule has 3 aromatic carbocycles. The van der Waals surface area contributed by atoms with Gasteiger partial charge in [0.15, 0.2) is 0 Å². The zero-order chi connectivity index (χ0) is 23.5. The van der Waals surface area contributed by atoms with Crippen molar-refractivity contribution >= 4 is 28.5 Å². The molecule has 1 unspecified atom stereocenters. The van der Waals surface area contributed by atoms with Crippen LogP contribution >= 0.6 is 0 Å². The van der Waals surface area contributed by atoms with E-state index in [9.17, 15) is 9.59 Å². The molecule has 0 saturated carbocycles. The molecule has 1 aromatic heterocycles. The van der Waals surface area contributed by atoms with Crippen LogP contribution in [-0.2, 0) is 11.2 Å². The van der Waals surface area contributed by atoms with Gasteiger partial charge in [-0.2, -0.15) is 0 Å². The van der Waals surface area contributed by atoms with E-state index in [0.717, 1.165) is 27.7 Å². The number of rotatable bonds is 6. The summed E-state index contributed by atoms with van der Waals surface area (Å²) in [6.07, 6.45) is 1.95. The summed E-state index contributed by atoms with van der Waals surface area (Å²) in [5.74, 6) is -0.163. The molecule has 0 aliphatic rings. The molecule has 0 aliphatic heterocycles. The number of amides is 2. The van der Waals surface area contributed by atoms with Crippen molar-refractivity contribution in [1.29, 1.82) is 0 Å². The van der Waals surface area contributed by atoms with Gasteiger partial charge >= 0.3 is 0 Å². The number of hydrogen-bond acceptors (Lipinski definition) is 3. The van der Waals surface area contributed by atoms with Crippen molar-refractivity contribution in [3.63, 3.8) is 0 Å². The number of fused-ring (bicyclic) bond motifs is 1. The lowest BCUT2D eigenvalue weighted by Crippen LogP contribution is -2.31. The van der Waals surface area contributed by atoms with Crippen molar-refractivity contribution < 1.29 is 14.0 Å². The van der Waals surface area contributed by atoms with Crippen molar-refractivity contribution in [3.05, 3.63) is 101 Å². The Balaban J connectivity index is 1.47. The second kappa shape index (κ2) is 9.33. The van der Waals surface area contributed by atoms with Crippen LogP contribution in [0.3, 0.4) is 0 Å². The van der Waals surface area contributed by atoms with E-state index in [0.29, 0.717) is 11.3 Å². The van der Waals surface area contributed by atoms with Gasteiger partial charge in [0, 0.05) is 29.2 Å². The third kappa shape index (κ3) is 4.67. The second-order valence-electron chi connectivity index (χ2n) is 8.45. The Morgan fingerprint density at radius 1 is 1.00 bits per heavy atom. The number of aryl methyl sites for hydroxylation is 2. The first kappa shape index (κ1) is 22.3. The van der Waals surface area contributed by atoms with Crippen LogP contribution < -0.4 is 5.32 Å². The summed E-state index contributed by atoms with van der Waals surface area (Å²) in [5, 5.41) is 3.92. The van der Waals surface area contributed by atoms with Gasteiger partial charge in [-0.25, -0.2) is 0 Å². The molecule has 0 bridgehead atoms. The highest BCUT2D eigenvalue weighted by atomic mass is 16.3. The summed E-state index contributed by atoms with van der Waals surface area (Å²) in [4.78, 5) is 27.3. The molecule has 0 aliphatic carbocycles. The summed E-state index contributed by atoms with van der Waals surface area (Å²) in [7, 11) is 1.81. The van der Waals surface area contributed by atoms with Gasteiger partial charge < -0.3 is 14.6 Å². The molecule has 168 valence electrons. The molecule has 2 amide bonds. The molecule has 0 fully saturated rings. The molecule has 5 heteroatoms. The number of carbonyl (C=O) groups excluding carboxylic acids is 2. The van der Waals surface area contributed by atoms with Crippen LogP contribution in [0.1, 0.15) is 45.6 Å². The fraction of sp³-hybridized carbons (Fsp3) is 0.214. The van der Waals surface area contributed by atoms with Crippen LogP contribution in [0, 0.1) is 13.8 Å². The van der Waals surface area contributed by atoms with Crippen molar-refractivity contribution in [2.45, 2.75) is 33.2 Å². The summed E-state index contributed by atoms with van der Waals surface area (Å²) in [5.41, 5.74) is 6.24. The second-order valence-corrected chi connectivity index (χ2v) is 8.45. The normalized spacial score (nSPS) is 11.9. The van der Waals surface area contributed by atoms with Crippen molar-refractivity contribution in [1.82, 2.24) is 4.90 Å². The summed E-state index contributed by atoms with van der Waals surface area (Å²) in [6.45, 7) is 6.06. The maximum atomic E-state index is 13.1. The third-order valence-corrected chi connectivity index (χ3v) is 6.32. The average Bonchev–Trinajstić information content (AvgIpc) is 3.24. The Hall–Kier alpha value is -3.86. The first-order chi connectivity index (χ1) is 15.8. The molecule has 1 N–H and O–H groups in total. The van der Waals surface area contributed by atoms with E-state index in [1.165, 1.54) is 5.56 Å². The van der Waals surface area contributed by atoms with Gasteiger partial charge in [0.05, 0.1) is 18.7 Å². The van der Waals surface area contributed by atoms with E-state index >= 15 is 0 Å². The highest BCUT2D eigenvalue weighted by Gasteiger charge is 2.20. The molecule has 0 saturated heterocycles. The number of anilines is 1. The summed E-state index contributed by atoms with van der Waals surface area (Å²) >= 11 is 0. The summed E-state index contributed by atoms with van der Waals surface area (Å²) in [6, 6.07) is 20.6. The number of likely N-dealkylation sites (N-methyl/N-ethyl adjacent to an activating group) is 1. The topological polar surface area (TPSA) is 62.6 Å². The zero-order valence-corrected chi connectivity index (χ0v) is 19.4. The molecular weight excluding hydrogens is 412 g/mol. The molecule has 5 nitrogen and oxygen atoms in total. The van der Waals surface area contributed by atoms with Gasteiger partial charge in [-0.1, -0.05) is 42.5 Å². The van der Waals surface area contributed by atoms with E-state index in [2.05, 4.69) is 11.4 Å². The zero-order valence-electron chi connectivity index (χ0n) is 19.4. The Kier molecular flexibility index (Phi) is 6.31. The molecule has 33 heavy (non-hydrogen) atoms. The van der Waals surface area contributed by atoms with Crippen molar-refractivity contribution in [2.24, 2.45) is 0 Å².